The molecule has 192 valence electrons. The molecular formula is C27H27N3O4S3. The molecule has 1 amide bonds. The zero-order chi connectivity index (χ0) is 26.2. The maximum absolute atomic E-state index is 13.3. The fraction of sp³-hybridized carbons (Fsp3) is 0.296. The molecule has 0 bridgehead atoms. The Bertz CT molecular complexity index is 1460. The highest BCUT2D eigenvalue weighted by atomic mass is 32.2. The molecule has 2 saturated heterocycles. The normalized spacial score (nSPS) is 20.4. The van der Waals surface area contributed by atoms with E-state index in [1.807, 2.05) is 60.8 Å². The predicted molar refractivity (Wildman–Crippen MR) is 151 cm³/mol. The number of thiocarbonyl (C=S) groups is 1. The molecule has 5 rings (SSSR count). The summed E-state index contributed by atoms with van der Waals surface area (Å²) in [5.41, 5.74) is 3.26. The first-order valence-corrected chi connectivity index (χ1v) is 15.1. The molecule has 2 fully saturated rings. The highest BCUT2D eigenvalue weighted by Crippen LogP contribution is 2.38. The molecule has 2 aliphatic rings. The number of sulfone groups is 1. The molecule has 0 aliphatic carbocycles. The van der Waals surface area contributed by atoms with Crippen molar-refractivity contribution in [1.82, 2.24) is 14.7 Å². The first kappa shape index (κ1) is 25.7. The van der Waals surface area contributed by atoms with Gasteiger partial charge >= 0.3 is 0 Å². The van der Waals surface area contributed by atoms with Crippen LogP contribution in [0.2, 0.25) is 0 Å². The second kappa shape index (κ2) is 10.4. The van der Waals surface area contributed by atoms with Crippen LogP contribution in [-0.2, 0) is 14.6 Å². The van der Waals surface area contributed by atoms with E-state index >= 15 is 0 Å². The van der Waals surface area contributed by atoms with E-state index < -0.39 is 15.9 Å². The summed E-state index contributed by atoms with van der Waals surface area (Å²) in [6.07, 6.45) is 4.10. The molecular weight excluding hydrogens is 527 g/mol. The lowest BCUT2D eigenvalue weighted by molar-refractivity contribution is -0.123. The minimum Gasteiger partial charge on any atom is -0.493 e. The fourth-order valence-corrected chi connectivity index (χ4v) is 7.41. The second-order valence-electron chi connectivity index (χ2n) is 9.55. The van der Waals surface area contributed by atoms with E-state index in [1.54, 1.807) is 10.8 Å². The van der Waals surface area contributed by atoms with Crippen molar-refractivity contribution < 1.29 is 17.9 Å². The maximum atomic E-state index is 13.3. The molecule has 3 heterocycles. The van der Waals surface area contributed by atoms with Gasteiger partial charge in [0.15, 0.2) is 9.84 Å². The van der Waals surface area contributed by atoms with E-state index in [-0.39, 0.29) is 17.4 Å². The molecule has 1 atom stereocenters. The Labute approximate surface area is 226 Å². The third-order valence-electron chi connectivity index (χ3n) is 6.16. The summed E-state index contributed by atoms with van der Waals surface area (Å²) < 4.78 is 32.0. The van der Waals surface area contributed by atoms with Crippen molar-refractivity contribution in [3.63, 3.8) is 0 Å². The zero-order valence-electron chi connectivity index (χ0n) is 20.5. The average Bonchev–Trinajstić information content (AvgIpc) is 3.53. The van der Waals surface area contributed by atoms with E-state index in [1.165, 1.54) is 16.7 Å². The number of benzene rings is 2. The van der Waals surface area contributed by atoms with Crippen molar-refractivity contribution in [2.75, 3.05) is 18.1 Å². The Hall–Kier alpha value is -2.95. The van der Waals surface area contributed by atoms with Gasteiger partial charge in [-0.1, -0.05) is 56.0 Å². The minimum absolute atomic E-state index is 0.0465. The smallest absolute Gasteiger partial charge is 0.266 e. The van der Waals surface area contributed by atoms with Crippen molar-refractivity contribution in [1.29, 1.82) is 0 Å². The van der Waals surface area contributed by atoms with Gasteiger partial charge in [-0.15, -0.1) is 0 Å². The van der Waals surface area contributed by atoms with E-state index in [4.69, 9.17) is 22.1 Å². The van der Waals surface area contributed by atoms with E-state index in [0.717, 1.165) is 22.6 Å². The topological polar surface area (TPSA) is 81.5 Å². The number of ether oxygens (including phenoxy) is 1. The van der Waals surface area contributed by atoms with Gasteiger partial charge < -0.3 is 4.74 Å². The van der Waals surface area contributed by atoms with Crippen LogP contribution < -0.4 is 4.74 Å². The van der Waals surface area contributed by atoms with Crippen LogP contribution in [0, 0.1) is 5.92 Å². The van der Waals surface area contributed by atoms with E-state index in [9.17, 15) is 13.2 Å². The van der Waals surface area contributed by atoms with E-state index in [0.29, 0.717) is 33.9 Å². The lowest BCUT2D eigenvalue weighted by Crippen LogP contribution is -2.39. The Balaban J connectivity index is 1.49. The third-order valence-corrected chi connectivity index (χ3v) is 9.24. The van der Waals surface area contributed by atoms with Crippen LogP contribution >= 0.6 is 24.0 Å². The van der Waals surface area contributed by atoms with Crippen LogP contribution in [0.4, 0.5) is 0 Å². The first-order chi connectivity index (χ1) is 17.7. The van der Waals surface area contributed by atoms with Crippen LogP contribution in [0.5, 0.6) is 5.75 Å². The number of carbonyl (C=O) groups is 1. The van der Waals surface area contributed by atoms with Crippen LogP contribution in [0.25, 0.3) is 23.0 Å². The molecule has 0 saturated carbocycles. The Morgan fingerprint density at radius 3 is 2.54 bits per heavy atom. The summed E-state index contributed by atoms with van der Waals surface area (Å²) in [6, 6.07) is 17.1. The predicted octanol–water partition coefficient (Wildman–Crippen LogP) is 4.96. The SMILES string of the molecule is CC(C)COc1ccc(-c2nn(-c3ccccc3)cc2/C=C2/SC(=S)N(C3CCS(=O)(=O)C3)C2=O)cc1. The number of para-hydroxylation sites is 1. The van der Waals surface area contributed by atoms with Crippen molar-refractivity contribution in [2.45, 2.75) is 26.3 Å². The molecule has 7 nitrogen and oxygen atoms in total. The molecule has 2 aliphatic heterocycles. The van der Waals surface area contributed by atoms with Crippen molar-refractivity contribution >= 4 is 50.1 Å². The van der Waals surface area contributed by atoms with Gasteiger partial charge in [-0.2, -0.15) is 5.10 Å². The summed E-state index contributed by atoms with van der Waals surface area (Å²) in [5.74, 6) is 0.992. The molecule has 1 aromatic heterocycles. The number of carbonyl (C=O) groups excluding carboxylic acids is 1. The lowest BCUT2D eigenvalue weighted by atomic mass is 10.1. The van der Waals surface area contributed by atoms with Gasteiger partial charge in [-0.25, -0.2) is 13.1 Å². The monoisotopic (exact) mass is 553 g/mol. The molecule has 0 N–H and O–H groups in total. The number of thioether (sulfide) groups is 1. The summed E-state index contributed by atoms with van der Waals surface area (Å²) in [4.78, 5) is 15.3. The number of rotatable bonds is 7. The van der Waals surface area contributed by atoms with Gasteiger partial charge in [-0.3, -0.25) is 9.69 Å². The first-order valence-electron chi connectivity index (χ1n) is 12.1. The van der Waals surface area contributed by atoms with Gasteiger partial charge in [-0.05, 0) is 54.8 Å². The highest BCUT2D eigenvalue weighted by Gasteiger charge is 2.42. The fourth-order valence-electron chi connectivity index (χ4n) is 4.32. The molecule has 1 unspecified atom stereocenters. The highest BCUT2D eigenvalue weighted by molar-refractivity contribution is 8.26. The minimum atomic E-state index is -3.14. The van der Waals surface area contributed by atoms with Gasteiger partial charge in [0.25, 0.3) is 5.91 Å². The van der Waals surface area contributed by atoms with Crippen LogP contribution in [0.15, 0.2) is 65.7 Å². The number of amides is 1. The third kappa shape index (κ3) is 5.66. The standard InChI is InChI=1S/C27H27N3O4S3/c1-18(2)16-34-23-10-8-19(9-11-23)25-20(15-29(28-25)21-6-4-3-5-7-21)14-24-26(31)30(27(35)36-24)22-12-13-37(32,33)17-22/h3-11,14-15,18,22H,12-13,16-17H2,1-2H3/b24-14+. The molecule has 3 aromatic rings. The van der Waals surface area contributed by atoms with Crippen LogP contribution in [-0.4, -0.2) is 57.5 Å². The van der Waals surface area contributed by atoms with E-state index in [2.05, 4.69) is 13.8 Å². The number of hydrogen-bond donors (Lipinski definition) is 0. The zero-order valence-corrected chi connectivity index (χ0v) is 23.0. The summed E-state index contributed by atoms with van der Waals surface area (Å²) in [6.45, 7) is 4.84. The Morgan fingerprint density at radius 2 is 1.89 bits per heavy atom. The van der Waals surface area contributed by atoms with Crippen LogP contribution in [0.3, 0.4) is 0 Å². The molecule has 10 heteroatoms. The maximum Gasteiger partial charge on any atom is 0.266 e. The quantitative estimate of drug-likeness (QED) is 0.302. The van der Waals surface area contributed by atoms with Crippen LogP contribution in [0.1, 0.15) is 25.8 Å². The molecule has 0 spiro atoms. The Morgan fingerprint density at radius 1 is 1.16 bits per heavy atom. The molecule has 2 aromatic carbocycles. The largest absolute Gasteiger partial charge is 0.493 e. The molecule has 37 heavy (non-hydrogen) atoms. The number of aromatic nitrogens is 2. The van der Waals surface area contributed by atoms with Crippen molar-refractivity contribution in [3.8, 4) is 22.7 Å². The summed E-state index contributed by atoms with van der Waals surface area (Å²) >= 11 is 6.69. The molecule has 0 radical (unpaired) electrons. The summed E-state index contributed by atoms with van der Waals surface area (Å²) in [7, 11) is -3.14. The van der Waals surface area contributed by atoms with Crippen molar-refractivity contribution in [2.24, 2.45) is 5.92 Å². The van der Waals surface area contributed by atoms with Gasteiger partial charge in [0.1, 0.15) is 10.1 Å². The lowest BCUT2D eigenvalue weighted by Gasteiger charge is -2.20. The Kier molecular flexibility index (Phi) is 7.24. The average molecular weight is 554 g/mol. The number of nitrogens with zero attached hydrogens (tertiary/aromatic N) is 3. The second-order valence-corrected chi connectivity index (χ2v) is 13.5. The van der Waals surface area contributed by atoms with Gasteiger partial charge in [0.2, 0.25) is 0 Å². The van der Waals surface area contributed by atoms with Gasteiger partial charge in [0, 0.05) is 17.3 Å². The number of hydrogen-bond acceptors (Lipinski definition) is 7. The van der Waals surface area contributed by atoms with Crippen molar-refractivity contribution in [3.05, 3.63) is 71.3 Å². The van der Waals surface area contributed by atoms with Gasteiger partial charge in [0.05, 0.1) is 40.4 Å². The summed E-state index contributed by atoms with van der Waals surface area (Å²) in [5, 5.41) is 4.84.